The molecule has 0 saturated heterocycles. The summed E-state index contributed by atoms with van der Waals surface area (Å²) in [6, 6.07) is 18.3. The predicted molar refractivity (Wildman–Crippen MR) is 132 cm³/mol. The summed E-state index contributed by atoms with van der Waals surface area (Å²) in [5.74, 6) is -0.818. The first-order valence-corrected chi connectivity index (χ1v) is 10.8. The van der Waals surface area contributed by atoms with Crippen molar-refractivity contribution in [2.75, 3.05) is 11.1 Å². The lowest BCUT2D eigenvalue weighted by atomic mass is 10.2. The lowest BCUT2D eigenvalue weighted by Gasteiger charge is -2.09. The van der Waals surface area contributed by atoms with E-state index in [0.717, 1.165) is 5.56 Å². The summed E-state index contributed by atoms with van der Waals surface area (Å²) in [6.07, 6.45) is 8.87. The Labute approximate surface area is 205 Å². The Hall–Kier alpha value is -4.99. The van der Waals surface area contributed by atoms with Crippen LogP contribution in [0.25, 0.3) is 11.4 Å². The number of nitrogen functional groups attached to an aromatic ring is 1. The second-order valence-corrected chi connectivity index (χ2v) is 7.50. The van der Waals surface area contributed by atoms with Crippen molar-refractivity contribution in [2.24, 2.45) is 0 Å². The summed E-state index contributed by atoms with van der Waals surface area (Å²) in [6.45, 7) is 0.155. The number of halogens is 2. The normalized spacial score (nSPS) is 10.3. The molecule has 182 valence electrons. The van der Waals surface area contributed by atoms with Gasteiger partial charge in [-0.15, -0.1) is 0 Å². The van der Waals surface area contributed by atoms with E-state index in [2.05, 4.69) is 15.3 Å². The highest BCUT2D eigenvalue weighted by atomic mass is 19.1. The number of ether oxygens (including phenoxy) is 1. The van der Waals surface area contributed by atoms with Crippen molar-refractivity contribution in [3.05, 3.63) is 121 Å². The minimum atomic E-state index is -0.636. The molecule has 10 heteroatoms. The zero-order valence-electron chi connectivity index (χ0n) is 19.0. The van der Waals surface area contributed by atoms with Crippen LogP contribution in [0, 0.1) is 11.6 Å². The highest BCUT2D eigenvalue weighted by Crippen LogP contribution is 2.18. The van der Waals surface area contributed by atoms with Crippen LogP contribution in [0.3, 0.4) is 0 Å². The van der Waals surface area contributed by atoms with Gasteiger partial charge >= 0.3 is 6.09 Å². The zero-order chi connectivity index (χ0) is 25.3. The number of nitrogens with one attached hydrogen (secondary N) is 1. The second-order valence-electron chi connectivity index (χ2n) is 7.50. The van der Waals surface area contributed by atoms with E-state index in [9.17, 15) is 13.6 Å². The molecule has 0 aliphatic rings. The molecule has 8 nitrogen and oxygen atoms in total. The molecular formula is C26H22F2N6O2. The first-order chi connectivity index (χ1) is 17.5. The number of amides is 1. The Morgan fingerprint density at radius 2 is 1.47 bits per heavy atom. The summed E-state index contributed by atoms with van der Waals surface area (Å²) in [7, 11) is 0. The van der Waals surface area contributed by atoms with Gasteiger partial charge in [-0.3, -0.25) is 5.32 Å². The zero-order valence-corrected chi connectivity index (χ0v) is 19.0. The number of hydrogen-bond donors (Lipinski definition) is 2. The summed E-state index contributed by atoms with van der Waals surface area (Å²) < 4.78 is 35.6. The minimum Gasteiger partial charge on any atom is -0.444 e. The third-order valence-electron chi connectivity index (χ3n) is 4.94. The van der Waals surface area contributed by atoms with Gasteiger partial charge in [-0.1, -0.05) is 30.3 Å². The van der Waals surface area contributed by atoms with E-state index in [1.807, 2.05) is 30.3 Å². The SMILES string of the molecule is Nc1ccc(-n2ccnc2)c(F)c1.O=C(Nc1ccc(-n2ccnc2)c(F)c1)OCc1ccccc1. The van der Waals surface area contributed by atoms with Crippen molar-refractivity contribution in [3.63, 3.8) is 0 Å². The number of benzene rings is 3. The van der Waals surface area contributed by atoms with Crippen molar-refractivity contribution in [2.45, 2.75) is 6.61 Å². The van der Waals surface area contributed by atoms with Crippen molar-refractivity contribution in [1.29, 1.82) is 0 Å². The van der Waals surface area contributed by atoms with Crippen molar-refractivity contribution in [1.82, 2.24) is 19.1 Å². The number of imidazole rings is 2. The van der Waals surface area contributed by atoms with E-state index in [-0.39, 0.29) is 12.4 Å². The lowest BCUT2D eigenvalue weighted by molar-refractivity contribution is 0.155. The fraction of sp³-hybridized carbons (Fsp3) is 0.0385. The summed E-state index contributed by atoms with van der Waals surface area (Å²) in [5.41, 5.74) is 7.84. The number of carbonyl (C=O) groups is 1. The highest BCUT2D eigenvalue weighted by molar-refractivity contribution is 5.84. The molecule has 3 N–H and O–H groups in total. The van der Waals surface area contributed by atoms with Crippen LogP contribution < -0.4 is 11.1 Å². The Morgan fingerprint density at radius 3 is 2.03 bits per heavy atom. The molecule has 0 aliphatic heterocycles. The van der Waals surface area contributed by atoms with Crippen LogP contribution in [0.1, 0.15) is 5.56 Å². The van der Waals surface area contributed by atoms with Gasteiger partial charge in [-0.2, -0.15) is 0 Å². The topological polar surface area (TPSA) is 100.0 Å². The molecule has 5 aromatic rings. The molecule has 0 spiro atoms. The Kier molecular flexibility index (Phi) is 7.66. The molecule has 0 fully saturated rings. The molecule has 0 aliphatic carbocycles. The van der Waals surface area contributed by atoms with Gasteiger partial charge in [0.25, 0.3) is 0 Å². The van der Waals surface area contributed by atoms with Gasteiger partial charge in [-0.05, 0) is 42.0 Å². The van der Waals surface area contributed by atoms with E-state index in [4.69, 9.17) is 10.5 Å². The number of anilines is 2. The molecule has 2 aromatic heterocycles. The van der Waals surface area contributed by atoms with Crippen molar-refractivity contribution < 1.29 is 18.3 Å². The monoisotopic (exact) mass is 488 g/mol. The predicted octanol–water partition coefficient (Wildman–Crippen LogP) is 5.35. The number of nitrogens with two attached hydrogens (primary N) is 1. The second kappa shape index (κ2) is 11.4. The molecule has 0 bridgehead atoms. The average Bonchev–Trinajstić information content (AvgIpc) is 3.59. The third kappa shape index (κ3) is 6.32. The average molecular weight is 488 g/mol. The van der Waals surface area contributed by atoms with Gasteiger partial charge in [-0.25, -0.2) is 23.5 Å². The first-order valence-electron chi connectivity index (χ1n) is 10.8. The summed E-state index contributed by atoms with van der Waals surface area (Å²) in [4.78, 5) is 19.4. The van der Waals surface area contributed by atoms with Crippen molar-refractivity contribution >= 4 is 17.5 Å². The molecule has 0 saturated carbocycles. The summed E-state index contributed by atoms with van der Waals surface area (Å²) >= 11 is 0. The molecule has 5 rings (SSSR count). The van der Waals surface area contributed by atoms with Crippen LogP contribution in [-0.4, -0.2) is 25.2 Å². The van der Waals surface area contributed by atoms with Crippen LogP contribution in [0.2, 0.25) is 0 Å². The number of hydrogen-bond acceptors (Lipinski definition) is 5. The number of carbonyl (C=O) groups excluding carboxylic acids is 1. The standard InChI is InChI=1S/C17H14FN3O2.C9H8FN3/c18-15-10-14(6-7-16(15)21-9-8-19-12-21)20-17(22)23-11-13-4-2-1-3-5-13;10-8-5-7(11)1-2-9(8)13-4-3-12-6-13/h1-10,12H,11H2,(H,20,22);1-6H,11H2. The smallest absolute Gasteiger partial charge is 0.411 e. The van der Waals surface area contributed by atoms with Gasteiger partial charge in [0.1, 0.15) is 18.2 Å². The van der Waals surface area contributed by atoms with E-state index >= 15 is 0 Å². The highest BCUT2D eigenvalue weighted by Gasteiger charge is 2.09. The Bertz CT molecular complexity index is 1410. The van der Waals surface area contributed by atoms with Crippen LogP contribution in [0.15, 0.2) is 104 Å². The molecule has 0 atom stereocenters. The van der Waals surface area contributed by atoms with Crippen LogP contribution in [0.4, 0.5) is 25.0 Å². The fourth-order valence-electron chi connectivity index (χ4n) is 3.21. The largest absolute Gasteiger partial charge is 0.444 e. The molecule has 0 radical (unpaired) electrons. The van der Waals surface area contributed by atoms with Crippen LogP contribution >= 0.6 is 0 Å². The molecule has 3 aromatic carbocycles. The quantitative estimate of drug-likeness (QED) is 0.325. The lowest BCUT2D eigenvalue weighted by Crippen LogP contribution is -2.13. The maximum absolute atomic E-state index is 14.1. The maximum Gasteiger partial charge on any atom is 0.411 e. The van der Waals surface area contributed by atoms with Gasteiger partial charge in [0.15, 0.2) is 0 Å². The molecule has 1 amide bonds. The minimum absolute atomic E-state index is 0.155. The van der Waals surface area contributed by atoms with E-state index in [1.54, 1.807) is 58.2 Å². The molecule has 0 unspecified atom stereocenters. The van der Waals surface area contributed by atoms with Gasteiger partial charge < -0.3 is 19.6 Å². The fourth-order valence-corrected chi connectivity index (χ4v) is 3.21. The van der Waals surface area contributed by atoms with Crippen molar-refractivity contribution in [3.8, 4) is 11.4 Å². The van der Waals surface area contributed by atoms with Gasteiger partial charge in [0.2, 0.25) is 0 Å². The van der Waals surface area contributed by atoms with Crippen LogP contribution in [-0.2, 0) is 11.3 Å². The van der Waals surface area contributed by atoms with Crippen LogP contribution in [0.5, 0.6) is 0 Å². The molecule has 36 heavy (non-hydrogen) atoms. The Balaban J connectivity index is 0.000000197. The van der Waals surface area contributed by atoms with Gasteiger partial charge in [0, 0.05) is 36.2 Å². The first kappa shape index (κ1) is 24.1. The molecule has 2 heterocycles. The summed E-state index contributed by atoms with van der Waals surface area (Å²) in [5, 5.41) is 2.50. The number of nitrogens with zero attached hydrogens (tertiary/aromatic N) is 4. The molecular weight excluding hydrogens is 466 g/mol. The van der Waals surface area contributed by atoms with E-state index in [1.165, 1.54) is 24.8 Å². The maximum atomic E-state index is 14.1. The van der Waals surface area contributed by atoms with E-state index < -0.39 is 11.9 Å². The van der Waals surface area contributed by atoms with Gasteiger partial charge in [0.05, 0.1) is 24.0 Å². The number of aromatic nitrogens is 4. The van der Waals surface area contributed by atoms with E-state index in [0.29, 0.717) is 22.7 Å². The number of rotatable bonds is 5. The Morgan fingerprint density at radius 1 is 0.861 bits per heavy atom. The third-order valence-corrected chi connectivity index (χ3v) is 4.94.